The Morgan fingerprint density at radius 2 is 1.88 bits per heavy atom. The van der Waals surface area contributed by atoms with E-state index in [0.717, 1.165) is 16.8 Å². The van der Waals surface area contributed by atoms with E-state index >= 15 is 0 Å². The third-order valence-electron chi connectivity index (χ3n) is 5.01. The molecule has 26 heavy (non-hydrogen) atoms. The molecule has 1 amide bonds. The molecule has 4 rings (SSSR count). The molecular weight excluding hydrogens is 352 g/mol. The molecule has 136 valence electrons. The quantitative estimate of drug-likeness (QED) is 0.871. The molecule has 2 aliphatic heterocycles. The Hall–Kier alpha value is -2.38. The van der Waals surface area contributed by atoms with Gasteiger partial charge < -0.3 is 10.0 Å². The minimum absolute atomic E-state index is 0.0377. The van der Waals surface area contributed by atoms with Gasteiger partial charge >= 0.3 is 0 Å². The van der Waals surface area contributed by atoms with Gasteiger partial charge in [-0.1, -0.05) is 18.2 Å². The third-order valence-corrected chi connectivity index (χ3v) is 6.78. The molecule has 0 bridgehead atoms. The molecule has 0 fully saturated rings. The highest BCUT2D eigenvalue weighted by Crippen LogP contribution is 2.35. The zero-order valence-corrected chi connectivity index (χ0v) is 15.2. The number of rotatable bonds is 2. The Morgan fingerprint density at radius 3 is 2.65 bits per heavy atom. The molecule has 2 aromatic carbocycles. The summed E-state index contributed by atoms with van der Waals surface area (Å²) >= 11 is 0. The molecule has 0 aliphatic carbocycles. The lowest BCUT2D eigenvalue weighted by molar-refractivity contribution is -0.116. The van der Waals surface area contributed by atoms with Crippen molar-refractivity contribution >= 4 is 27.3 Å². The van der Waals surface area contributed by atoms with E-state index in [-0.39, 0.29) is 17.3 Å². The van der Waals surface area contributed by atoms with E-state index in [9.17, 15) is 18.3 Å². The van der Waals surface area contributed by atoms with Crippen LogP contribution in [0.15, 0.2) is 47.4 Å². The van der Waals surface area contributed by atoms with E-state index in [2.05, 4.69) is 0 Å². The van der Waals surface area contributed by atoms with Crippen LogP contribution in [0.25, 0.3) is 0 Å². The van der Waals surface area contributed by atoms with Gasteiger partial charge in [0.15, 0.2) is 0 Å². The van der Waals surface area contributed by atoms with Gasteiger partial charge in [0.05, 0.1) is 23.2 Å². The summed E-state index contributed by atoms with van der Waals surface area (Å²) in [5.74, 6) is -0.0487. The molecule has 1 atom stereocenters. The molecule has 7 heteroatoms. The smallest absolute Gasteiger partial charge is 0.264 e. The normalized spacial score (nSPS) is 19.2. The van der Waals surface area contributed by atoms with Crippen molar-refractivity contribution in [3.05, 3.63) is 53.6 Å². The maximum Gasteiger partial charge on any atom is 0.264 e. The van der Waals surface area contributed by atoms with Gasteiger partial charge in [0.25, 0.3) is 10.0 Å². The fraction of sp³-hybridized carbons (Fsp3) is 0.316. The lowest BCUT2D eigenvalue weighted by Crippen LogP contribution is -2.42. The average molecular weight is 372 g/mol. The molecule has 2 aliphatic rings. The SMILES string of the molecule is CC(=O)N1CCc2cc(S(=O)(=O)N3CC(O)Cc4ccccc43)ccc21. The second-order valence-corrected chi connectivity index (χ2v) is 8.60. The van der Waals surface area contributed by atoms with Crippen molar-refractivity contribution in [1.82, 2.24) is 0 Å². The standard InChI is InChI=1S/C19H20N2O4S/c1-13(22)20-9-8-15-11-17(6-7-18(15)20)26(24,25)21-12-16(23)10-14-4-2-3-5-19(14)21/h2-7,11,16,23H,8-10,12H2,1H3. The summed E-state index contributed by atoms with van der Waals surface area (Å²) in [6.07, 6.45) is 0.347. The van der Waals surface area contributed by atoms with Gasteiger partial charge in [0, 0.05) is 25.6 Å². The Balaban J connectivity index is 1.76. The zero-order valence-electron chi connectivity index (χ0n) is 14.4. The molecule has 1 unspecified atom stereocenters. The number of benzene rings is 2. The van der Waals surface area contributed by atoms with Gasteiger partial charge in [-0.05, 0) is 41.8 Å². The molecule has 2 aromatic rings. The van der Waals surface area contributed by atoms with Gasteiger partial charge in [0.1, 0.15) is 0 Å². The predicted octanol–water partition coefficient (Wildman–Crippen LogP) is 1.71. The van der Waals surface area contributed by atoms with Gasteiger partial charge in [0.2, 0.25) is 5.91 Å². The molecule has 0 aromatic heterocycles. The Kier molecular flexibility index (Phi) is 4.00. The highest BCUT2D eigenvalue weighted by molar-refractivity contribution is 7.92. The lowest BCUT2D eigenvalue weighted by Gasteiger charge is -2.33. The van der Waals surface area contributed by atoms with Gasteiger partial charge in [-0.25, -0.2) is 8.42 Å². The van der Waals surface area contributed by atoms with Crippen molar-refractivity contribution < 1.29 is 18.3 Å². The first-order valence-corrected chi connectivity index (χ1v) is 10.0. The van der Waals surface area contributed by atoms with Crippen molar-refractivity contribution in [3.63, 3.8) is 0 Å². The Labute approximate surface area is 152 Å². The summed E-state index contributed by atoms with van der Waals surface area (Å²) in [5.41, 5.74) is 3.06. The van der Waals surface area contributed by atoms with E-state index in [0.29, 0.717) is 25.1 Å². The summed E-state index contributed by atoms with van der Waals surface area (Å²) in [6.45, 7) is 2.11. The number of fused-ring (bicyclic) bond motifs is 2. The minimum Gasteiger partial charge on any atom is -0.391 e. The number of nitrogens with zero attached hydrogens (tertiary/aromatic N) is 2. The highest BCUT2D eigenvalue weighted by Gasteiger charge is 2.33. The second kappa shape index (κ2) is 6.10. The number of carbonyl (C=O) groups excluding carboxylic acids is 1. The molecule has 0 radical (unpaired) electrons. The first-order valence-electron chi connectivity index (χ1n) is 8.57. The fourth-order valence-corrected chi connectivity index (χ4v) is 5.35. The van der Waals surface area contributed by atoms with Crippen LogP contribution in [0, 0.1) is 0 Å². The van der Waals surface area contributed by atoms with E-state index < -0.39 is 16.1 Å². The van der Waals surface area contributed by atoms with E-state index in [4.69, 9.17) is 0 Å². The first-order chi connectivity index (χ1) is 12.4. The lowest BCUT2D eigenvalue weighted by atomic mass is 10.0. The number of aliphatic hydroxyl groups is 1. The van der Waals surface area contributed by atoms with Crippen LogP contribution in [0.2, 0.25) is 0 Å². The maximum absolute atomic E-state index is 13.2. The number of amides is 1. The number of hydrogen-bond acceptors (Lipinski definition) is 4. The fourth-order valence-electron chi connectivity index (χ4n) is 3.76. The monoisotopic (exact) mass is 372 g/mol. The van der Waals surface area contributed by atoms with E-state index in [1.807, 2.05) is 12.1 Å². The molecular formula is C19H20N2O4S. The van der Waals surface area contributed by atoms with Crippen LogP contribution < -0.4 is 9.21 Å². The summed E-state index contributed by atoms with van der Waals surface area (Å²) in [7, 11) is -3.80. The van der Waals surface area contributed by atoms with E-state index in [1.54, 1.807) is 35.2 Å². The van der Waals surface area contributed by atoms with Crippen LogP contribution in [-0.4, -0.2) is 38.6 Å². The van der Waals surface area contributed by atoms with Crippen LogP contribution in [0.5, 0.6) is 0 Å². The Bertz CT molecular complexity index is 987. The number of para-hydroxylation sites is 1. The summed E-state index contributed by atoms with van der Waals surface area (Å²) in [4.78, 5) is 13.5. The second-order valence-electron chi connectivity index (χ2n) is 6.73. The van der Waals surface area contributed by atoms with Gasteiger partial charge in [-0.15, -0.1) is 0 Å². The molecule has 1 N–H and O–H groups in total. The molecule has 0 saturated heterocycles. The molecule has 2 heterocycles. The molecule has 0 spiro atoms. The zero-order chi connectivity index (χ0) is 18.5. The van der Waals surface area contributed by atoms with Gasteiger partial charge in [-0.2, -0.15) is 0 Å². The van der Waals surface area contributed by atoms with Crippen LogP contribution in [0.4, 0.5) is 11.4 Å². The predicted molar refractivity (Wildman–Crippen MR) is 98.9 cm³/mol. The molecule has 0 saturated carbocycles. The third kappa shape index (κ3) is 2.68. The van der Waals surface area contributed by atoms with Crippen LogP contribution in [-0.2, 0) is 27.7 Å². The average Bonchev–Trinajstić information content (AvgIpc) is 3.04. The van der Waals surface area contributed by atoms with E-state index in [1.165, 1.54) is 11.2 Å². The summed E-state index contributed by atoms with van der Waals surface area (Å²) < 4.78 is 27.8. The first kappa shape index (κ1) is 17.1. The minimum atomic E-state index is -3.80. The van der Waals surface area contributed by atoms with Crippen LogP contribution >= 0.6 is 0 Å². The number of hydrogen-bond donors (Lipinski definition) is 1. The number of anilines is 2. The van der Waals surface area contributed by atoms with Crippen molar-refractivity contribution in [3.8, 4) is 0 Å². The van der Waals surface area contributed by atoms with Crippen molar-refractivity contribution in [2.45, 2.75) is 30.8 Å². The van der Waals surface area contributed by atoms with Crippen molar-refractivity contribution in [1.29, 1.82) is 0 Å². The maximum atomic E-state index is 13.2. The molecule has 6 nitrogen and oxygen atoms in total. The summed E-state index contributed by atoms with van der Waals surface area (Å²) in [5, 5.41) is 10.1. The Morgan fingerprint density at radius 1 is 1.12 bits per heavy atom. The topological polar surface area (TPSA) is 77.9 Å². The van der Waals surface area contributed by atoms with Crippen molar-refractivity contribution in [2.24, 2.45) is 0 Å². The van der Waals surface area contributed by atoms with Crippen molar-refractivity contribution in [2.75, 3.05) is 22.3 Å². The number of aliphatic hydroxyl groups excluding tert-OH is 1. The van der Waals surface area contributed by atoms with Crippen LogP contribution in [0.1, 0.15) is 18.1 Å². The van der Waals surface area contributed by atoms with Crippen LogP contribution in [0.3, 0.4) is 0 Å². The van der Waals surface area contributed by atoms with Gasteiger partial charge in [-0.3, -0.25) is 9.10 Å². The number of β-amino-alcohol motifs (C(OH)–C–C–N with tert-alkyl or cyclic N) is 1. The summed E-state index contributed by atoms with van der Waals surface area (Å²) in [6, 6.07) is 12.1. The largest absolute Gasteiger partial charge is 0.391 e. The number of sulfonamides is 1. The number of carbonyl (C=O) groups is 1. The highest BCUT2D eigenvalue weighted by atomic mass is 32.2.